The van der Waals surface area contributed by atoms with Crippen LogP contribution in [0.5, 0.6) is 0 Å². The Bertz CT molecular complexity index is 643. The molecule has 5 nitrogen and oxygen atoms in total. The molecular weight excluding hydrogens is 329 g/mol. The molecule has 0 amide bonds. The molecule has 3 unspecified atom stereocenters. The molecule has 0 radical (unpaired) electrons. The number of hydrogen-bond acceptors (Lipinski definition) is 3. The summed E-state index contributed by atoms with van der Waals surface area (Å²) in [6, 6.07) is 3.96. The van der Waals surface area contributed by atoms with Gasteiger partial charge in [0, 0.05) is 38.4 Å². The molecule has 2 aliphatic carbocycles. The minimum absolute atomic E-state index is 0.246. The first kappa shape index (κ1) is 17.6. The molecule has 0 bridgehead atoms. The Hall–Kier alpha value is -1.85. The van der Waals surface area contributed by atoms with Crippen LogP contribution in [0.2, 0.25) is 0 Å². The highest BCUT2D eigenvalue weighted by atomic mass is 19.1. The van der Waals surface area contributed by atoms with Crippen LogP contribution in [0.4, 0.5) is 10.2 Å². The van der Waals surface area contributed by atoms with Crippen LogP contribution in [0, 0.1) is 17.7 Å². The lowest BCUT2D eigenvalue weighted by molar-refractivity contribution is 0.315. The lowest BCUT2D eigenvalue weighted by Gasteiger charge is -2.23. The number of nitrogens with one attached hydrogen (secondary N) is 2. The topological polar surface area (TPSA) is 52.6 Å². The number of rotatable bonds is 4. The first-order valence-electron chi connectivity index (χ1n) is 10.1. The van der Waals surface area contributed by atoms with Crippen molar-refractivity contribution in [1.82, 2.24) is 15.6 Å². The van der Waals surface area contributed by atoms with Crippen LogP contribution in [-0.2, 0) is 0 Å². The summed E-state index contributed by atoms with van der Waals surface area (Å²) in [5, 5.41) is 7.14. The smallest absolute Gasteiger partial charge is 0.191 e. The Balaban J connectivity index is 1.26. The summed E-state index contributed by atoms with van der Waals surface area (Å²) in [6.45, 7) is 1.57. The molecule has 3 atom stereocenters. The third-order valence-electron chi connectivity index (χ3n) is 6.21. The zero-order valence-corrected chi connectivity index (χ0v) is 15.6. The van der Waals surface area contributed by atoms with Gasteiger partial charge in [-0.05, 0) is 36.8 Å². The first-order chi connectivity index (χ1) is 12.7. The Morgan fingerprint density at radius 2 is 2.08 bits per heavy atom. The molecule has 1 aromatic rings. The number of aliphatic imine (C=N–C) groups is 1. The van der Waals surface area contributed by atoms with Gasteiger partial charge < -0.3 is 15.5 Å². The molecule has 142 valence electrons. The largest absolute Gasteiger partial charge is 0.353 e. The zero-order valence-electron chi connectivity index (χ0n) is 15.6. The van der Waals surface area contributed by atoms with Crippen molar-refractivity contribution in [3.63, 3.8) is 0 Å². The van der Waals surface area contributed by atoms with Crippen molar-refractivity contribution in [1.29, 1.82) is 0 Å². The number of pyridine rings is 1. The summed E-state index contributed by atoms with van der Waals surface area (Å²) < 4.78 is 13.9. The summed E-state index contributed by atoms with van der Waals surface area (Å²) in [5.41, 5.74) is 0. The maximum atomic E-state index is 13.9. The first-order valence-corrected chi connectivity index (χ1v) is 10.1. The van der Waals surface area contributed by atoms with Crippen LogP contribution in [0.25, 0.3) is 0 Å². The molecule has 1 aromatic heterocycles. The van der Waals surface area contributed by atoms with Crippen LogP contribution >= 0.6 is 0 Å². The minimum Gasteiger partial charge on any atom is -0.353 e. The molecule has 1 aliphatic heterocycles. The van der Waals surface area contributed by atoms with E-state index in [-0.39, 0.29) is 11.9 Å². The summed E-state index contributed by atoms with van der Waals surface area (Å²) >= 11 is 0. The van der Waals surface area contributed by atoms with E-state index in [1.54, 1.807) is 12.3 Å². The number of nitrogens with zero attached hydrogens (tertiary/aromatic N) is 3. The third-order valence-corrected chi connectivity index (χ3v) is 6.21. The fourth-order valence-corrected chi connectivity index (χ4v) is 4.68. The van der Waals surface area contributed by atoms with E-state index in [1.165, 1.54) is 44.6 Å². The molecule has 1 saturated heterocycles. The fraction of sp³-hybridized carbons (Fsp3) is 0.700. The molecule has 4 rings (SSSR count). The van der Waals surface area contributed by atoms with Crippen molar-refractivity contribution in [3.8, 4) is 0 Å². The highest BCUT2D eigenvalue weighted by Gasteiger charge is 2.43. The van der Waals surface area contributed by atoms with Gasteiger partial charge >= 0.3 is 0 Å². The summed E-state index contributed by atoms with van der Waals surface area (Å²) in [5.74, 6) is 2.84. The molecule has 3 aliphatic rings. The molecule has 0 spiro atoms. The van der Waals surface area contributed by atoms with E-state index in [1.807, 2.05) is 11.9 Å². The highest BCUT2D eigenvalue weighted by molar-refractivity contribution is 5.80. The van der Waals surface area contributed by atoms with Crippen LogP contribution < -0.4 is 15.5 Å². The number of hydrogen-bond donors (Lipinski definition) is 2. The Kier molecular flexibility index (Phi) is 5.27. The average Bonchev–Trinajstić information content (AvgIpc) is 3.29. The zero-order chi connectivity index (χ0) is 17.9. The van der Waals surface area contributed by atoms with Gasteiger partial charge in [0.25, 0.3) is 0 Å². The standard InChI is InChI=1S/C20H30FN5/c1-22-20(25-18-12-16(18)14-6-3-2-4-7-14)24-15-9-11-26(13-15)19-17(21)8-5-10-23-19/h5,8,10,14-16,18H,2-4,6-7,9,11-13H2,1H3,(H2,22,24,25). The Morgan fingerprint density at radius 1 is 1.23 bits per heavy atom. The van der Waals surface area contributed by atoms with Crippen molar-refractivity contribution in [2.24, 2.45) is 16.8 Å². The highest BCUT2D eigenvalue weighted by Crippen LogP contribution is 2.44. The van der Waals surface area contributed by atoms with E-state index >= 15 is 0 Å². The van der Waals surface area contributed by atoms with E-state index in [0.717, 1.165) is 37.3 Å². The fourth-order valence-electron chi connectivity index (χ4n) is 4.68. The SMILES string of the molecule is CN=C(NC1CCN(c2ncccc2F)C1)NC1CC1C1CCCCC1. The lowest BCUT2D eigenvalue weighted by atomic mass is 9.85. The van der Waals surface area contributed by atoms with Gasteiger partial charge in [0.1, 0.15) is 0 Å². The third kappa shape index (κ3) is 3.94. The molecule has 2 heterocycles. The number of guanidine groups is 1. The summed E-state index contributed by atoms with van der Waals surface area (Å²) in [6.07, 6.45) is 10.9. The second-order valence-electron chi connectivity index (χ2n) is 8.01. The van der Waals surface area contributed by atoms with E-state index in [4.69, 9.17) is 0 Å². The van der Waals surface area contributed by atoms with Crippen LogP contribution in [0.1, 0.15) is 44.9 Å². The molecule has 3 fully saturated rings. The van der Waals surface area contributed by atoms with Gasteiger partial charge in [-0.15, -0.1) is 0 Å². The van der Waals surface area contributed by atoms with Gasteiger partial charge in [0.05, 0.1) is 0 Å². The maximum Gasteiger partial charge on any atom is 0.191 e. The van der Waals surface area contributed by atoms with Gasteiger partial charge in [-0.1, -0.05) is 32.1 Å². The predicted molar refractivity (Wildman–Crippen MR) is 103 cm³/mol. The van der Waals surface area contributed by atoms with Crippen molar-refractivity contribution < 1.29 is 4.39 Å². The molecule has 2 N–H and O–H groups in total. The van der Waals surface area contributed by atoms with Gasteiger partial charge in [0.15, 0.2) is 17.6 Å². The second kappa shape index (κ2) is 7.80. The van der Waals surface area contributed by atoms with E-state index in [0.29, 0.717) is 11.9 Å². The van der Waals surface area contributed by atoms with Crippen molar-refractivity contribution >= 4 is 11.8 Å². The second-order valence-corrected chi connectivity index (χ2v) is 8.01. The predicted octanol–water partition coefficient (Wildman–Crippen LogP) is 2.93. The quantitative estimate of drug-likeness (QED) is 0.641. The van der Waals surface area contributed by atoms with E-state index in [9.17, 15) is 4.39 Å². The van der Waals surface area contributed by atoms with Crippen LogP contribution in [0.3, 0.4) is 0 Å². The molecule has 26 heavy (non-hydrogen) atoms. The normalized spacial score (nSPS) is 29.7. The Labute approximate surface area is 155 Å². The summed E-state index contributed by atoms with van der Waals surface area (Å²) in [7, 11) is 1.83. The van der Waals surface area contributed by atoms with E-state index < -0.39 is 0 Å². The monoisotopic (exact) mass is 359 g/mol. The van der Waals surface area contributed by atoms with Crippen LogP contribution in [-0.4, -0.2) is 43.2 Å². The van der Waals surface area contributed by atoms with Gasteiger partial charge in [0.2, 0.25) is 0 Å². The molecule has 6 heteroatoms. The molecular formula is C20H30FN5. The number of anilines is 1. The number of halogens is 1. The maximum absolute atomic E-state index is 13.9. The molecule has 0 aromatic carbocycles. The molecule has 2 saturated carbocycles. The van der Waals surface area contributed by atoms with Gasteiger partial charge in [-0.25, -0.2) is 9.37 Å². The average molecular weight is 359 g/mol. The van der Waals surface area contributed by atoms with Crippen molar-refractivity contribution in [3.05, 3.63) is 24.1 Å². The Morgan fingerprint density at radius 3 is 2.85 bits per heavy atom. The number of aromatic nitrogens is 1. The van der Waals surface area contributed by atoms with Gasteiger partial charge in [-0.2, -0.15) is 0 Å². The minimum atomic E-state index is -0.246. The summed E-state index contributed by atoms with van der Waals surface area (Å²) in [4.78, 5) is 10.6. The van der Waals surface area contributed by atoms with Gasteiger partial charge in [-0.3, -0.25) is 4.99 Å². The lowest BCUT2D eigenvalue weighted by Crippen LogP contribution is -2.46. The van der Waals surface area contributed by atoms with Crippen LogP contribution in [0.15, 0.2) is 23.3 Å². The van der Waals surface area contributed by atoms with E-state index in [2.05, 4.69) is 20.6 Å². The van der Waals surface area contributed by atoms with Crippen molar-refractivity contribution in [2.75, 3.05) is 25.0 Å². The van der Waals surface area contributed by atoms with Crippen molar-refractivity contribution in [2.45, 2.75) is 57.0 Å².